The number of aldehydes is 1. The largest absolute Gasteiger partial charge is 0.416 e. The molecule has 0 bridgehead atoms. The number of ether oxygens (including phenoxy) is 1. The maximum absolute atomic E-state index is 13.0. The highest BCUT2D eigenvalue weighted by atomic mass is 19.4. The van der Waals surface area contributed by atoms with Crippen LogP contribution in [-0.2, 0) is 22.1 Å². The summed E-state index contributed by atoms with van der Waals surface area (Å²) >= 11 is 0. The lowest BCUT2D eigenvalue weighted by Crippen LogP contribution is -2.40. The van der Waals surface area contributed by atoms with Crippen molar-refractivity contribution < 1.29 is 27.5 Å². The normalized spacial score (nSPS) is 18.0. The van der Waals surface area contributed by atoms with E-state index in [9.17, 15) is 22.8 Å². The topological polar surface area (TPSA) is 128 Å². The molecule has 238 valence electrons. The Bertz CT molecular complexity index is 1680. The van der Waals surface area contributed by atoms with Crippen LogP contribution >= 0.6 is 0 Å². The third-order valence-corrected chi connectivity index (χ3v) is 8.04. The Morgan fingerprint density at radius 2 is 1.93 bits per heavy atom. The number of hydrogen-bond donors (Lipinski definition) is 2. The first-order valence-electron chi connectivity index (χ1n) is 14.8. The van der Waals surface area contributed by atoms with Crippen molar-refractivity contribution in [1.82, 2.24) is 24.3 Å². The highest BCUT2D eigenvalue weighted by molar-refractivity contribution is 6.04. The molecule has 1 atom stereocenters. The zero-order chi connectivity index (χ0) is 32.4. The first-order valence-corrected chi connectivity index (χ1v) is 14.8. The molecule has 13 heteroatoms. The molecule has 1 amide bonds. The van der Waals surface area contributed by atoms with Crippen molar-refractivity contribution in [3.05, 3.63) is 71.4 Å². The predicted octanol–water partition coefficient (Wildman–Crippen LogP) is 5.24. The summed E-state index contributed by atoms with van der Waals surface area (Å²) in [7, 11) is 2.11. The molecular weight excluding hydrogens is 587 g/mol. The second-order valence-electron chi connectivity index (χ2n) is 11.8. The fourth-order valence-electron chi connectivity index (χ4n) is 5.46. The minimum absolute atomic E-state index is 0.139. The van der Waals surface area contributed by atoms with Gasteiger partial charge in [-0.3, -0.25) is 9.20 Å². The number of hydrogen-bond acceptors (Lipinski definition) is 8. The molecule has 3 N–H and O–H groups in total. The number of nitrogens with two attached hydrogens (primary N) is 1. The lowest BCUT2D eigenvalue weighted by Gasteiger charge is -2.31. The maximum Gasteiger partial charge on any atom is 0.416 e. The van der Waals surface area contributed by atoms with Gasteiger partial charge in [-0.25, -0.2) is 15.0 Å². The average molecular weight is 624 g/mol. The second-order valence-corrected chi connectivity index (χ2v) is 11.8. The van der Waals surface area contributed by atoms with E-state index in [0.717, 1.165) is 79.6 Å². The molecule has 0 saturated carbocycles. The van der Waals surface area contributed by atoms with Crippen molar-refractivity contribution in [2.75, 3.05) is 44.4 Å². The van der Waals surface area contributed by atoms with Gasteiger partial charge in [0.15, 0.2) is 0 Å². The van der Waals surface area contributed by atoms with Crippen LogP contribution in [0.1, 0.15) is 60.0 Å². The number of anilines is 2. The van der Waals surface area contributed by atoms with Crippen LogP contribution in [0.15, 0.2) is 48.8 Å². The van der Waals surface area contributed by atoms with Gasteiger partial charge in [0.25, 0.3) is 5.91 Å². The monoisotopic (exact) mass is 623 g/mol. The maximum atomic E-state index is 13.0. The molecule has 2 aliphatic rings. The van der Waals surface area contributed by atoms with Crippen LogP contribution in [-0.4, -0.2) is 69.8 Å². The standard InChI is InChI=1S/C27H28F3N7O.C5H8O2/c1-3-20-14-33-24(31)23-22(35-25(37(20)23)18-5-4-12-36(2)15-18)16-6-8-17(9-7-16)26(38)34-21-13-19(10-11-32-21)27(28,29)30;1-5(2-6)3-7-4-5/h6-11,13-14,18H,3-5,12,15H2,1-2H3,(H2,31,33)(H,32,34,38);2H,3-4H2,1H3. The van der Waals surface area contributed by atoms with E-state index in [-0.39, 0.29) is 22.7 Å². The SMILES string of the molecule is CC1(C=O)COC1.CCc1cnc(N)c2c(-c3ccc(C(=O)Nc4cc(C(F)(F)F)ccn4)cc3)nc(C3CCCN(C)C3)n12. The van der Waals surface area contributed by atoms with Gasteiger partial charge in [-0.05, 0) is 64.0 Å². The Morgan fingerprint density at radius 1 is 1.20 bits per heavy atom. The van der Waals surface area contributed by atoms with E-state index in [1.165, 1.54) is 0 Å². The number of imidazole rings is 1. The van der Waals surface area contributed by atoms with Crippen molar-refractivity contribution in [1.29, 1.82) is 0 Å². The molecule has 2 fully saturated rings. The van der Waals surface area contributed by atoms with E-state index in [1.54, 1.807) is 30.5 Å². The summed E-state index contributed by atoms with van der Waals surface area (Å²) in [5.74, 6) is 0.815. The molecule has 0 spiro atoms. The molecule has 3 aromatic heterocycles. The summed E-state index contributed by atoms with van der Waals surface area (Å²) in [6, 6.07) is 8.37. The van der Waals surface area contributed by atoms with Crippen molar-refractivity contribution in [2.45, 2.75) is 45.2 Å². The summed E-state index contributed by atoms with van der Waals surface area (Å²) in [4.78, 5) is 38.4. The third-order valence-electron chi connectivity index (χ3n) is 8.04. The van der Waals surface area contributed by atoms with Crippen molar-refractivity contribution in [3.8, 4) is 11.3 Å². The van der Waals surface area contributed by atoms with E-state index >= 15 is 0 Å². The number of carbonyl (C=O) groups excluding carboxylic acids is 2. The third kappa shape index (κ3) is 6.99. The summed E-state index contributed by atoms with van der Waals surface area (Å²) in [6.07, 6.45) is 2.09. The molecule has 4 aromatic rings. The zero-order valence-electron chi connectivity index (χ0n) is 25.4. The van der Waals surface area contributed by atoms with Crippen LogP contribution in [0, 0.1) is 5.41 Å². The molecule has 6 rings (SSSR count). The van der Waals surface area contributed by atoms with E-state index in [4.69, 9.17) is 15.5 Å². The number of nitrogens with zero attached hydrogens (tertiary/aromatic N) is 5. The summed E-state index contributed by atoms with van der Waals surface area (Å²) in [5.41, 5.74) is 8.79. The van der Waals surface area contributed by atoms with Gasteiger partial charge in [0, 0.05) is 41.7 Å². The van der Waals surface area contributed by atoms with Gasteiger partial charge in [-0.1, -0.05) is 19.1 Å². The van der Waals surface area contributed by atoms with Crippen molar-refractivity contribution in [3.63, 3.8) is 0 Å². The molecular formula is C32H36F3N7O3. The summed E-state index contributed by atoms with van der Waals surface area (Å²) in [5, 5.41) is 2.43. The summed E-state index contributed by atoms with van der Waals surface area (Å²) < 4.78 is 45.9. The number of alkyl halides is 3. The molecule has 2 saturated heterocycles. The number of rotatable bonds is 6. The minimum atomic E-state index is -4.53. The molecule has 1 aromatic carbocycles. The first-order chi connectivity index (χ1) is 21.4. The van der Waals surface area contributed by atoms with Crippen LogP contribution < -0.4 is 11.1 Å². The lowest BCUT2D eigenvalue weighted by atomic mass is 9.91. The van der Waals surface area contributed by atoms with Gasteiger partial charge in [0.1, 0.15) is 35.0 Å². The fraction of sp³-hybridized carbons (Fsp3) is 0.406. The molecule has 1 unspecified atom stereocenters. The number of pyridine rings is 1. The number of nitrogens with one attached hydrogen (secondary N) is 1. The number of aryl methyl sites for hydroxylation is 1. The van der Waals surface area contributed by atoms with Crippen LogP contribution in [0.25, 0.3) is 16.8 Å². The molecule has 0 aliphatic carbocycles. The van der Waals surface area contributed by atoms with Crippen molar-refractivity contribution in [2.24, 2.45) is 5.41 Å². The fourth-order valence-corrected chi connectivity index (χ4v) is 5.46. The van der Waals surface area contributed by atoms with Crippen LogP contribution in [0.2, 0.25) is 0 Å². The van der Waals surface area contributed by atoms with Crippen LogP contribution in [0.3, 0.4) is 0 Å². The van der Waals surface area contributed by atoms with Gasteiger partial charge >= 0.3 is 6.18 Å². The van der Waals surface area contributed by atoms with Crippen LogP contribution in [0.4, 0.5) is 24.8 Å². The van der Waals surface area contributed by atoms with Gasteiger partial charge in [-0.2, -0.15) is 13.2 Å². The molecule has 5 heterocycles. The predicted molar refractivity (Wildman–Crippen MR) is 164 cm³/mol. The number of piperidine rings is 1. The number of likely N-dealkylation sites (N-methyl/N-ethyl adjacent to an activating group) is 1. The van der Waals surface area contributed by atoms with Crippen molar-refractivity contribution >= 4 is 29.3 Å². The molecule has 0 radical (unpaired) electrons. The van der Waals surface area contributed by atoms with E-state index in [1.807, 2.05) is 6.92 Å². The van der Waals surface area contributed by atoms with Crippen LogP contribution in [0.5, 0.6) is 0 Å². The first kappa shape index (κ1) is 32.0. The van der Waals surface area contributed by atoms with Gasteiger partial charge < -0.3 is 25.5 Å². The zero-order valence-corrected chi connectivity index (χ0v) is 25.4. The second kappa shape index (κ2) is 12.9. The van der Waals surface area contributed by atoms with Gasteiger partial charge in [-0.15, -0.1) is 0 Å². The summed E-state index contributed by atoms with van der Waals surface area (Å²) in [6.45, 7) is 7.12. The lowest BCUT2D eigenvalue weighted by molar-refractivity contribution is -0.141. The van der Waals surface area contributed by atoms with E-state index < -0.39 is 17.6 Å². The minimum Gasteiger partial charge on any atom is -0.382 e. The Morgan fingerprint density at radius 3 is 2.51 bits per heavy atom. The smallest absolute Gasteiger partial charge is 0.382 e. The van der Waals surface area contributed by atoms with E-state index in [2.05, 4.69) is 38.6 Å². The van der Waals surface area contributed by atoms with Gasteiger partial charge in [0.05, 0.1) is 24.2 Å². The molecule has 2 aliphatic heterocycles. The van der Waals surface area contributed by atoms with Gasteiger partial charge in [0.2, 0.25) is 0 Å². The van der Waals surface area contributed by atoms with E-state index in [0.29, 0.717) is 24.7 Å². The number of fused-ring (bicyclic) bond motifs is 1. The number of likely N-dealkylation sites (tertiary alicyclic amines) is 1. The molecule has 45 heavy (non-hydrogen) atoms. The Balaban J connectivity index is 0.000000505. The Labute approximate surface area is 258 Å². The number of aromatic nitrogens is 4. The highest BCUT2D eigenvalue weighted by Crippen LogP contribution is 2.35. The number of nitrogen functional groups attached to an aromatic ring is 1. The Kier molecular flexibility index (Phi) is 9.21. The number of benzene rings is 1. The molecule has 10 nitrogen and oxygen atoms in total. The number of carbonyl (C=O) groups is 2. The highest BCUT2D eigenvalue weighted by Gasteiger charge is 2.33. The average Bonchev–Trinajstić information content (AvgIpc) is 3.42. The number of amides is 1. The Hall–Kier alpha value is -4.36. The quantitative estimate of drug-likeness (QED) is 0.279. The number of halogens is 3.